The third-order valence-electron chi connectivity index (χ3n) is 5.68. The Hall–Kier alpha value is -1.51. The van der Waals surface area contributed by atoms with Crippen LogP contribution in [0.1, 0.15) is 63.4 Å². The molecule has 2 fully saturated rings. The number of hydrogen-bond donors (Lipinski definition) is 0. The van der Waals surface area contributed by atoms with E-state index in [0.29, 0.717) is 30.3 Å². The second-order valence-corrected chi connectivity index (χ2v) is 7.57. The summed E-state index contributed by atoms with van der Waals surface area (Å²) in [6.07, 6.45) is 15.8. The Bertz CT molecular complexity index is 572. The summed E-state index contributed by atoms with van der Waals surface area (Å²) in [5.41, 5.74) is 0.533. The highest BCUT2D eigenvalue weighted by Gasteiger charge is 2.16. The van der Waals surface area contributed by atoms with E-state index in [2.05, 4.69) is 12.2 Å². The third-order valence-corrected chi connectivity index (χ3v) is 5.68. The van der Waals surface area contributed by atoms with Crippen LogP contribution in [0.25, 0.3) is 0 Å². The van der Waals surface area contributed by atoms with Gasteiger partial charge >= 0.3 is 0 Å². The Balaban J connectivity index is 1.43. The summed E-state index contributed by atoms with van der Waals surface area (Å²) in [6, 6.07) is 3.52. The maximum atomic E-state index is 14.5. The monoisotopic (exact) mass is 346 g/mol. The number of rotatable bonds is 9. The van der Waals surface area contributed by atoms with E-state index in [9.17, 15) is 4.39 Å². The smallest absolute Gasteiger partial charge is 0.171 e. The molecule has 2 saturated carbocycles. The Labute approximate surface area is 151 Å². The molecule has 0 N–H and O–H groups in total. The van der Waals surface area contributed by atoms with Crippen LogP contribution in [0.5, 0.6) is 11.5 Å². The first-order valence-corrected chi connectivity index (χ1v) is 9.95. The zero-order valence-electron chi connectivity index (χ0n) is 15.4. The molecule has 25 heavy (non-hydrogen) atoms. The first kappa shape index (κ1) is 18.3. The lowest BCUT2D eigenvalue weighted by Gasteiger charge is -2.21. The highest BCUT2D eigenvalue weighted by atomic mass is 19.1. The van der Waals surface area contributed by atoms with Crippen molar-refractivity contribution in [2.24, 2.45) is 11.8 Å². The molecule has 3 rings (SSSR count). The lowest BCUT2D eigenvalue weighted by Crippen LogP contribution is -2.08. The average molecular weight is 346 g/mol. The van der Waals surface area contributed by atoms with Gasteiger partial charge in [-0.15, -0.1) is 0 Å². The molecule has 3 heteroatoms. The molecule has 0 aliphatic heterocycles. The van der Waals surface area contributed by atoms with Crippen LogP contribution < -0.4 is 9.47 Å². The van der Waals surface area contributed by atoms with Crippen LogP contribution in [-0.4, -0.2) is 13.2 Å². The maximum Gasteiger partial charge on any atom is 0.171 e. The van der Waals surface area contributed by atoms with Crippen molar-refractivity contribution in [2.75, 3.05) is 13.2 Å². The predicted octanol–water partition coefficient (Wildman–Crippen LogP) is 6.22. The summed E-state index contributed by atoms with van der Waals surface area (Å²) in [5.74, 6) is 2.25. The van der Waals surface area contributed by atoms with E-state index < -0.39 is 0 Å². The van der Waals surface area contributed by atoms with E-state index in [1.54, 1.807) is 13.0 Å². The third kappa shape index (κ3) is 5.23. The van der Waals surface area contributed by atoms with Crippen LogP contribution >= 0.6 is 0 Å². The van der Waals surface area contributed by atoms with Gasteiger partial charge in [-0.3, -0.25) is 0 Å². The van der Waals surface area contributed by atoms with Gasteiger partial charge in [0.15, 0.2) is 11.6 Å². The number of hydrogen-bond acceptors (Lipinski definition) is 2. The minimum Gasteiger partial charge on any atom is -0.491 e. The fraction of sp³-hybridized carbons (Fsp3) is 0.636. The van der Waals surface area contributed by atoms with Gasteiger partial charge in [0.2, 0.25) is 0 Å². The van der Waals surface area contributed by atoms with Gasteiger partial charge in [-0.25, -0.2) is 4.39 Å². The largest absolute Gasteiger partial charge is 0.491 e. The minimum atomic E-state index is -0.290. The standard InChI is InChI=1S/C22H31FO2/c1-17-20(24-15-5-12-19-9-4-10-19)13-14-21(22(17)23)25-16-6-11-18-7-2-3-8-18/h5,12-14,18-19H,2-4,6-11,15-16H2,1H3/b12-5+. The van der Waals surface area contributed by atoms with Crippen LogP contribution in [0.4, 0.5) is 4.39 Å². The highest BCUT2D eigenvalue weighted by molar-refractivity contribution is 5.41. The average Bonchev–Trinajstić information content (AvgIpc) is 3.08. The second kappa shape index (κ2) is 9.26. The molecule has 138 valence electrons. The molecule has 1 aromatic carbocycles. The van der Waals surface area contributed by atoms with E-state index >= 15 is 0 Å². The van der Waals surface area contributed by atoms with Gasteiger partial charge < -0.3 is 9.47 Å². The lowest BCUT2D eigenvalue weighted by molar-refractivity contribution is 0.277. The number of allylic oxidation sites excluding steroid dienone is 1. The number of halogens is 1. The van der Waals surface area contributed by atoms with E-state index in [0.717, 1.165) is 18.3 Å². The molecular weight excluding hydrogens is 315 g/mol. The Morgan fingerprint density at radius 1 is 1.04 bits per heavy atom. The number of benzene rings is 1. The quantitative estimate of drug-likeness (QED) is 0.390. The molecule has 1 aromatic rings. The van der Waals surface area contributed by atoms with Gasteiger partial charge in [0.1, 0.15) is 12.4 Å². The summed E-state index contributed by atoms with van der Waals surface area (Å²) in [6.45, 7) is 2.85. The van der Waals surface area contributed by atoms with Gasteiger partial charge in [-0.2, -0.15) is 0 Å². The molecule has 2 aliphatic rings. The van der Waals surface area contributed by atoms with Crippen molar-refractivity contribution >= 4 is 0 Å². The Kier molecular flexibility index (Phi) is 6.77. The topological polar surface area (TPSA) is 18.5 Å². The Morgan fingerprint density at radius 2 is 1.80 bits per heavy atom. The van der Waals surface area contributed by atoms with Crippen molar-refractivity contribution in [1.29, 1.82) is 0 Å². The summed E-state index contributed by atoms with van der Waals surface area (Å²) >= 11 is 0. The summed E-state index contributed by atoms with van der Waals surface area (Å²) in [4.78, 5) is 0. The summed E-state index contributed by atoms with van der Waals surface area (Å²) in [7, 11) is 0. The molecule has 0 bridgehead atoms. The van der Waals surface area contributed by atoms with Gasteiger partial charge in [0.05, 0.1) is 6.61 Å². The van der Waals surface area contributed by atoms with E-state index in [1.165, 1.54) is 51.4 Å². The molecule has 2 aliphatic carbocycles. The molecule has 0 aromatic heterocycles. The molecule has 0 amide bonds. The van der Waals surface area contributed by atoms with Crippen molar-refractivity contribution in [3.8, 4) is 11.5 Å². The van der Waals surface area contributed by atoms with Gasteiger partial charge in [0.25, 0.3) is 0 Å². The molecule has 0 atom stereocenters. The van der Waals surface area contributed by atoms with E-state index in [4.69, 9.17) is 9.47 Å². The zero-order valence-corrected chi connectivity index (χ0v) is 15.4. The molecule has 0 unspecified atom stereocenters. The first-order valence-electron chi connectivity index (χ1n) is 9.95. The Morgan fingerprint density at radius 3 is 2.52 bits per heavy atom. The van der Waals surface area contributed by atoms with Gasteiger partial charge in [-0.1, -0.05) is 44.3 Å². The maximum absolute atomic E-state index is 14.5. The molecule has 0 radical (unpaired) electrons. The van der Waals surface area contributed by atoms with Crippen molar-refractivity contribution in [2.45, 2.75) is 64.7 Å². The van der Waals surface area contributed by atoms with Crippen LogP contribution in [0.2, 0.25) is 0 Å². The second-order valence-electron chi connectivity index (χ2n) is 7.57. The molecule has 0 saturated heterocycles. The number of ether oxygens (including phenoxy) is 2. The van der Waals surface area contributed by atoms with Crippen molar-refractivity contribution in [3.05, 3.63) is 35.7 Å². The minimum absolute atomic E-state index is 0.290. The molecule has 0 spiro atoms. The van der Waals surface area contributed by atoms with Crippen LogP contribution in [0.15, 0.2) is 24.3 Å². The zero-order chi connectivity index (χ0) is 17.5. The summed E-state index contributed by atoms with van der Waals surface area (Å²) in [5, 5.41) is 0. The van der Waals surface area contributed by atoms with E-state index in [1.807, 2.05) is 6.07 Å². The molecular formula is C22H31FO2. The van der Waals surface area contributed by atoms with Crippen LogP contribution in [-0.2, 0) is 0 Å². The van der Waals surface area contributed by atoms with Crippen LogP contribution in [0, 0.1) is 24.6 Å². The van der Waals surface area contributed by atoms with E-state index in [-0.39, 0.29) is 5.82 Å². The summed E-state index contributed by atoms with van der Waals surface area (Å²) < 4.78 is 25.8. The van der Waals surface area contributed by atoms with Crippen LogP contribution in [0.3, 0.4) is 0 Å². The fourth-order valence-electron chi connectivity index (χ4n) is 3.78. The van der Waals surface area contributed by atoms with Gasteiger partial charge in [-0.05, 0) is 56.6 Å². The first-order chi connectivity index (χ1) is 12.2. The lowest BCUT2D eigenvalue weighted by atomic mass is 9.85. The van der Waals surface area contributed by atoms with Crippen molar-refractivity contribution < 1.29 is 13.9 Å². The van der Waals surface area contributed by atoms with Crippen molar-refractivity contribution in [1.82, 2.24) is 0 Å². The van der Waals surface area contributed by atoms with Crippen molar-refractivity contribution in [3.63, 3.8) is 0 Å². The molecule has 0 heterocycles. The van der Waals surface area contributed by atoms with Gasteiger partial charge in [0, 0.05) is 5.56 Å². The molecule has 2 nitrogen and oxygen atoms in total. The normalized spacial score (nSPS) is 18.6. The SMILES string of the molecule is Cc1c(OC/C=C/C2CCC2)ccc(OCCCC2CCCC2)c1F. The predicted molar refractivity (Wildman–Crippen MR) is 99.8 cm³/mol. The fourth-order valence-corrected chi connectivity index (χ4v) is 3.78. The highest BCUT2D eigenvalue weighted by Crippen LogP contribution is 2.31.